The lowest BCUT2D eigenvalue weighted by atomic mass is 10.0. The van der Waals surface area contributed by atoms with E-state index in [1.54, 1.807) is 0 Å². The number of benzene rings is 1. The minimum atomic E-state index is 0.273. The number of thiophene rings is 1. The maximum atomic E-state index is 6.07. The lowest BCUT2D eigenvalue weighted by molar-refractivity contribution is 0.600. The highest BCUT2D eigenvalue weighted by molar-refractivity contribution is 7.10. The van der Waals surface area contributed by atoms with E-state index >= 15 is 0 Å². The van der Waals surface area contributed by atoms with E-state index in [0.29, 0.717) is 6.54 Å². The van der Waals surface area contributed by atoms with Gasteiger partial charge in [-0.15, -0.1) is 11.3 Å². The molecule has 3 aromatic rings. The molecule has 21 heavy (non-hydrogen) atoms. The minimum Gasteiger partial charge on any atom is -0.330 e. The highest BCUT2D eigenvalue weighted by atomic mass is 32.1. The third-order valence-corrected chi connectivity index (χ3v) is 5.10. The van der Waals surface area contributed by atoms with Crippen LogP contribution in [0.2, 0.25) is 0 Å². The van der Waals surface area contributed by atoms with Crippen molar-refractivity contribution in [2.75, 3.05) is 6.54 Å². The van der Waals surface area contributed by atoms with Crippen LogP contribution in [-0.4, -0.2) is 16.1 Å². The number of fused-ring (bicyclic) bond motifs is 1. The van der Waals surface area contributed by atoms with Gasteiger partial charge in [0.15, 0.2) is 0 Å². The van der Waals surface area contributed by atoms with Gasteiger partial charge in [-0.3, -0.25) is 0 Å². The Hall–Kier alpha value is -1.65. The molecule has 0 saturated carbocycles. The maximum Gasteiger partial charge on any atom is 0.114 e. The second-order valence-electron chi connectivity index (χ2n) is 5.37. The zero-order chi connectivity index (χ0) is 14.8. The van der Waals surface area contributed by atoms with E-state index in [0.717, 1.165) is 24.3 Å². The Morgan fingerprint density at radius 3 is 2.76 bits per heavy atom. The SMILES string of the molecule is CCn1c(C(CN)Cc2sccc2C)nc2ccccc21. The van der Waals surface area contributed by atoms with Gasteiger partial charge in [0.1, 0.15) is 5.82 Å². The average molecular weight is 299 g/mol. The van der Waals surface area contributed by atoms with E-state index in [1.807, 2.05) is 17.4 Å². The first-order valence-corrected chi connectivity index (χ1v) is 8.30. The maximum absolute atomic E-state index is 6.07. The second kappa shape index (κ2) is 6.00. The van der Waals surface area contributed by atoms with E-state index in [4.69, 9.17) is 10.7 Å². The van der Waals surface area contributed by atoms with Crippen LogP contribution in [0.3, 0.4) is 0 Å². The number of aryl methyl sites for hydroxylation is 2. The van der Waals surface area contributed by atoms with Gasteiger partial charge in [-0.2, -0.15) is 0 Å². The number of hydrogen-bond donors (Lipinski definition) is 1. The lowest BCUT2D eigenvalue weighted by Gasteiger charge is -2.16. The largest absolute Gasteiger partial charge is 0.330 e. The number of para-hydroxylation sites is 2. The molecule has 0 aliphatic rings. The number of rotatable bonds is 5. The summed E-state index contributed by atoms with van der Waals surface area (Å²) in [6, 6.07) is 10.5. The summed E-state index contributed by atoms with van der Waals surface area (Å²) in [4.78, 5) is 6.27. The van der Waals surface area contributed by atoms with Gasteiger partial charge in [0.2, 0.25) is 0 Å². The Labute approximate surface area is 129 Å². The van der Waals surface area contributed by atoms with Crippen molar-refractivity contribution in [1.82, 2.24) is 9.55 Å². The van der Waals surface area contributed by atoms with Crippen LogP contribution in [0.1, 0.15) is 29.1 Å². The number of hydrogen-bond acceptors (Lipinski definition) is 3. The van der Waals surface area contributed by atoms with Crippen molar-refractivity contribution in [2.24, 2.45) is 5.73 Å². The molecule has 2 N–H and O–H groups in total. The third-order valence-electron chi connectivity index (χ3n) is 4.05. The molecule has 4 heteroatoms. The quantitative estimate of drug-likeness (QED) is 0.780. The Morgan fingerprint density at radius 2 is 2.10 bits per heavy atom. The fourth-order valence-corrected chi connectivity index (χ4v) is 3.84. The van der Waals surface area contributed by atoms with Crippen LogP contribution in [-0.2, 0) is 13.0 Å². The molecular formula is C17H21N3S. The zero-order valence-electron chi connectivity index (χ0n) is 12.5. The molecule has 0 saturated heterocycles. The van der Waals surface area contributed by atoms with Crippen molar-refractivity contribution < 1.29 is 0 Å². The number of aromatic nitrogens is 2. The fraction of sp³-hybridized carbons (Fsp3) is 0.353. The van der Waals surface area contributed by atoms with Gasteiger partial charge in [-0.25, -0.2) is 4.98 Å². The Morgan fingerprint density at radius 1 is 1.29 bits per heavy atom. The zero-order valence-corrected chi connectivity index (χ0v) is 13.4. The van der Waals surface area contributed by atoms with Gasteiger partial charge in [0, 0.05) is 23.9 Å². The third kappa shape index (κ3) is 2.61. The topological polar surface area (TPSA) is 43.8 Å². The predicted molar refractivity (Wildman–Crippen MR) is 90.0 cm³/mol. The van der Waals surface area contributed by atoms with Crippen LogP contribution in [0.4, 0.5) is 0 Å². The molecule has 1 unspecified atom stereocenters. The first kappa shape index (κ1) is 14.3. The van der Waals surface area contributed by atoms with Crippen molar-refractivity contribution in [3.63, 3.8) is 0 Å². The molecule has 0 radical (unpaired) electrons. The van der Waals surface area contributed by atoms with Crippen molar-refractivity contribution >= 4 is 22.4 Å². The van der Waals surface area contributed by atoms with Gasteiger partial charge in [-0.05, 0) is 49.4 Å². The molecular weight excluding hydrogens is 278 g/mol. The van der Waals surface area contributed by atoms with E-state index < -0.39 is 0 Å². The molecule has 1 aromatic carbocycles. The molecule has 110 valence electrons. The number of nitrogens with zero attached hydrogens (tertiary/aromatic N) is 2. The lowest BCUT2D eigenvalue weighted by Crippen LogP contribution is -2.19. The van der Waals surface area contributed by atoms with Crippen molar-refractivity contribution in [2.45, 2.75) is 32.7 Å². The van der Waals surface area contributed by atoms with Crippen molar-refractivity contribution in [3.05, 3.63) is 52.0 Å². The standard InChI is InChI=1S/C17H21N3S/c1-3-20-15-7-5-4-6-14(15)19-17(20)13(11-18)10-16-12(2)8-9-21-16/h4-9,13H,3,10-11,18H2,1-2H3. The highest BCUT2D eigenvalue weighted by Gasteiger charge is 2.20. The second-order valence-corrected chi connectivity index (χ2v) is 6.37. The van der Waals surface area contributed by atoms with E-state index in [1.165, 1.54) is 16.0 Å². The molecule has 0 aliphatic carbocycles. The summed E-state index contributed by atoms with van der Waals surface area (Å²) in [7, 11) is 0. The molecule has 0 aliphatic heterocycles. The summed E-state index contributed by atoms with van der Waals surface area (Å²) in [6.07, 6.45) is 0.976. The summed E-state index contributed by atoms with van der Waals surface area (Å²) in [5.41, 5.74) is 9.70. The van der Waals surface area contributed by atoms with Crippen LogP contribution in [0, 0.1) is 6.92 Å². The first-order valence-electron chi connectivity index (χ1n) is 7.42. The molecule has 0 fully saturated rings. The monoisotopic (exact) mass is 299 g/mol. The highest BCUT2D eigenvalue weighted by Crippen LogP contribution is 2.27. The number of imidazole rings is 1. The summed E-state index contributed by atoms with van der Waals surface area (Å²) < 4.78 is 2.30. The van der Waals surface area contributed by atoms with Gasteiger partial charge >= 0.3 is 0 Å². The molecule has 2 aromatic heterocycles. The summed E-state index contributed by atoms with van der Waals surface area (Å²) in [5.74, 6) is 1.39. The molecule has 2 heterocycles. The van der Waals surface area contributed by atoms with Crippen LogP contribution in [0.15, 0.2) is 35.7 Å². The molecule has 1 atom stereocenters. The van der Waals surface area contributed by atoms with E-state index in [9.17, 15) is 0 Å². The predicted octanol–water partition coefficient (Wildman–Crippen LogP) is 3.71. The van der Waals surface area contributed by atoms with Crippen molar-refractivity contribution in [1.29, 1.82) is 0 Å². The Balaban J connectivity index is 2.02. The minimum absolute atomic E-state index is 0.273. The van der Waals surface area contributed by atoms with Crippen LogP contribution < -0.4 is 5.73 Å². The van der Waals surface area contributed by atoms with E-state index in [-0.39, 0.29) is 5.92 Å². The fourth-order valence-electron chi connectivity index (χ4n) is 2.86. The normalized spacial score (nSPS) is 12.9. The first-order chi connectivity index (χ1) is 10.2. The number of nitrogens with two attached hydrogens (primary N) is 1. The van der Waals surface area contributed by atoms with Crippen molar-refractivity contribution in [3.8, 4) is 0 Å². The van der Waals surface area contributed by atoms with Gasteiger partial charge in [-0.1, -0.05) is 12.1 Å². The molecule has 0 amide bonds. The Kier molecular flexibility index (Phi) is 4.08. The average Bonchev–Trinajstić information content (AvgIpc) is 3.07. The van der Waals surface area contributed by atoms with E-state index in [2.05, 4.69) is 48.1 Å². The smallest absolute Gasteiger partial charge is 0.114 e. The van der Waals surface area contributed by atoms with Crippen LogP contribution in [0.25, 0.3) is 11.0 Å². The Bertz CT molecular complexity index is 741. The molecule has 3 rings (SSSR count). The summed E-state index contributed by atoms with van der Waals surface area (Å²) in [5, 5.41) is 2.15. The summed E-state index contributed by atoms with van der Waals surface area (Å²) in [6.45, 7) is 5.89. The van der Waals surface area contributed by atoms with Crippen LogP contribution in [0.5, 0.6) is 0 Å². The molecule has 0 spiro atoms. The molecule has 0 bridgehead atoms. The van der Waals surface area contributed by atoms with Crippen LogP contribution >= 0.6 is 11.3 Å². The van der Waals surface area contributed by atoms with Gasteiger partial charge in [0.25, 0.3) is 0 Å². The van der Waals surface area contributed by atoms with Gasteiger partial charge in [0.05, 0.1) is 11.0 Å². The summed E-state index contributed by atoms with van der Waals surface area (Å²) >= 11 is 1.82. The molecule has 3 nitrogen and oxygen atoms in total. The van der Waals surface area contributed by atoms with Gasteiger partial charge < -0.3 is 10.3 Å².